The number of hydrogen-bond donors (Lipinski definition) is 3. The molecule has 0 unspecified atom stereocenters. The number of fused-ring (bicyclic) bond motifs is 1. The SMILES string of the molecule is CC(C)c1cc(NC2CCC(N)CC2)[n+]2[nH]ccc2n1. The Kier molecular flexibility index (Phi) is 3.61. The van der Waals surface area contributed by atoms with E-state index in [9.17, 15) is 0 Å². The quantitative estimate of drug-likeness (QED) is 0.749. The summed E-state index contributed by atoms with van der Waals surface area (Å²) in [5.74, 6) is 1.53. The second-order valence-electron chi connectivity index (χ2n) is 6.13. The van der Waals surface area contributed by atoms with Crippen LogP contribution in [0.3, 0.4) is 0 Å². The lowest BCUT2D eigenvalue weighted by atomic mass is 9.92. The molecule has 5 heteroatoms. The van der Waals surface area contributed by atoms with Crippen molar-refractivity contribution in [1.29, 1.82) is 0 Å². The van der Waals surface area contributed by atoms with Crippen molar-refractivity contribution in [1.82, 2.24) is 10.1 Å². The van der Waals surface area contributed by atoms with Crippen LogP contribution in [0.5, 0.6) is 0 Å². The molecule has 20 heavy (non-hydrogen) atoms. The largest absolute Gasteiger partial charge is 0.328 e. The number of nitrogens with two attached hydrogens (primary N) is 1. The molecule has 0 aliphatic heterocycles. The molecule has 0 aromatic carbocycles. The molecule has 1 saturated carbocycles. The van der Waals surface area contributed by atoms with Crippen LogP contribution >= 0.6 is 0 Å². The van der Waals surface area contributed by atoms with Crippen molar-refractivity contribution in [2.45, 2.75) is 57.5 Å². The summed E-state index contributed by atoms with van der Waals surface area (Å²) in [4.78, 5) is 4.67. The first kappa shape index (κ1) is 13.4. The van der Waals surface area contributed by atoms with Gasteiger partial charge in [0.25, 0.3) is 5.65 Å². The first-order chi connectivity index (χ1) is 9.63. The Labute approximate surface area is 119 Å². The Hall–Kier alpha value is -1.62. The van der Waals surface area contributed by atoms with Crippen molar-refractivity contribution < 1.29 is 4.52 Å². The van der Waals surface area contributed by atoms with Gasteiger partial charge in [-0.25, -0.2) is 0 Å². The molecule has 2 heterocycles. The van der Waals surface area contributed by atoms with E-state index in [0.717, 1.165) is 42.8 Å². The molecular formula is C15H24N5+. The smallest absolute Gasteiger partial charge is 0.286 e. The van der Waals surface area contributed by atoms with Crippen molar-refractivity contribution in [3.05, 3.63) is 24.0 Å². The summed E-state index contributed by atoms with van der Waals surface area (Å²) >= 11 is 0. The van der Waals surface area contributed by atoms with Crippen molar-refractivity contribution in [2.24, 2.45) is 5.73 Å². The van der Waals surface area contributed by atoms with Gasteiger partial charge in [0.2, 0.25) is 5.82 Å². The minimum Gasteiger partial charge on any atom is -0.328 e. The molecule has 0 radical (unpaired) electrons. The van der Waals surface area contributed by atoms with Gasteiger partial charge in [0.05, 0.1) is 12.1 Å². The Balaban J connectivity index is 1.87. The molecule has 0 amide bonds. The number of H-pyrrole nitrogens is 1. The van der Waals surface area contributed by atoms with Gasteiger partial charge in [-0.3, -0.25) is 5.10 Å². The third-order valence-corrected chi connectivity index (χ3v) is 4.15. The first-order valence-corrected chi connectivity index (χ1v) is 7.55. The average Bonchev–Trinajstić information content (AvgIpc) is 2.89. The summed E-state index contributed by atoms with van der Waals surface area (Å²) < 4.78 is 2.01. The highest BCUT2D eigenvalue weighted by molar-refractivity contribution is 5.40. The third kappa shape index (κ3) is 2.63. The minimum absolute atomic E-state index is 0.384. The topological polar surface area (TPSA) is 70.8 Å². The zero-order valence-corrected chi connectivity index (χ0v) is 12.3. The van der Waals surface area contributed by atoms with Crippen LogP contribution in [0.15, 0.2) is 18.3 Å². The number of nitrogens with one attached hydrogen (secondary N) is 2. The van der Waals surface area contributed by atoms with Crippen LogP contribution in [0.1, 0.15) is 51.1 Å². The fraction of sp³-hybridized carbons (Fsp3) is 0.600. The molecule has 0 atom stereocenters. The van der Waals surface area contributed by atoms with E-state index in [1.165, 1.54) is 0 Å². The maximum atomic E-state index is 5.98. The normalized spacial score (nSPS) is 23.4. The van der Waals surface area contributed by atoms with E-state index in [4.69, 9.17) is 5.73 Å². The molecule has 108 valence electrons. The molecule has 0 spiro atoms. The predicted octanol–water partition coefficient (Wildman–Crippen LogP) is 1.95. The highest BCUT2D eigenvalue weighted by Gasteiger charge is 2.23. The van der Waals surface area contributed by atoms with Crippen LogP contribution in [-0.4, -0.2) is 22.2 Å². The van der Waals surface area contributed by atoms with Gasteiger partial charge >= 0.3 is 0 Å². The van der Waals surface area contributed by atoms with Crippen molar-refractivity contribution in [2.75, 3.05) is 5.32 Å². The lowest BCUT2D eigenvalue weighted by Gasteiger charge is -2.25. The Morgan fingerprint density at radius 3 is 2.80 bits per heavy atom. The zero-order chi connectivity index (χ0) is 14.1. The van der Waals surface area contributed by atoms with E-state index < -0.39 is 0 Å². The van der Waals surface area contributed by atoms with Crippen molar-refractivity contribution in [3.63, 3.8) is 0 Å². The molecule has 5 nitrogen and oxygen atoms in total. The first-order valence-electron chi connectivity index (χ1n) is 7.55. The number of hydrogen-bond acceptors (Lipinski definition) is 3. The second kappa shape index (κ2) is 5.40. The van der Waals surface area contributed by atoms with Gasteiger partial charge in [-0.2, -0.15) is 0 Å². The van der Waals surface area contributed by atoms with Gasteiger partial charge in [0, 0.05) is 24.2 Å². The molecule has 4 N–H and O–H groups in total. The fourth-order valence-electron chi connectivity index (χ4n) is 2.85. The second-order valence-corrected chi connectivity index (χ2v) is 6.13. The molecule has 1 aliphatic carbocycles. The van der Waals surface area contributed by atoms with Gasteiger partial charge in [0.1, 0.15) is 5.69 Å². The monoisotopic (exact) mass is 274 g/mol. The molecule has 0 bridgehead atoms. The summed E-state index contributed by atoms with van der Waals surface area (Å²) in [6.45, 7) is 4.35. The summed E-state index contributed by atoms with van der Waals surface area (Å²) in [5.41, 5.74) is 8.07. The van der Waals surface area contributed by atoms with Gasteiger partial charge in [-0.15, -0.1) is 9.50 Å². The summed E-state index contributed by atoms with van der Waals surface area (Å²) in [6.07, 6.45) is 6.43. The molecular weight excluding hydrogens is 250 g/mol. The molecule has 1 aliphatic rings. The van der Waals surface area contributed by atoms with Gasteiger partial charge in [-0.05, 0) is 25.7 Å². The fourth-order valence-corrected chi connectivity index (χ4v) is 2.85. The zero-order valence-electron chi connectivity index (χ0n) is 12.3. The van der Waals surface area contributed by atoms with Gasteiger partial charge < -0.3 is 11.1 Å². The lowest BCUT2D eigenvalue weighted by Crippen LogP contribution is -2.37. The third-order valence-electron chi connectivity index (χ3n) is 4.15. The Morgan fingerprint density at radius 2 is 2.10 bits per heavy atom. The summed E-state index contributed by atoms with van der Waals surface area (Å²) in [6, 6.07) is 5.06. The van der Waals surface area contributed by atoms with Crippen LogP contribution in [0.2, 0.25) is 0 Å². The predicted molar refractivity (Wildman–Crippen MR) is 79.7 cm³/mol. The Bertz CT molecular complexity index is 581. The van der Waals surface area contributed by atoms with E-state index in [-0.39, 0.29) is 0 Å². The van der Waals surface area contributed by atoms with E-state index in [2.05, 4.69) is 35.3 Å². The number of aromatic amines is 1. The van der Waals surface area contributed by atoms with Crippen LogP contribution in [0, 0.1) is 0 Å². The van der Waals surface area contributed by atoms with Crippen LogP contribution in [0.25, 0.3) is 5.65 Å². The lowest BCUT2D eigenvalue weighted by molar-refractivity contribution is -0.564. The molecule has 2 aromatic heterocycles. The molecule has 2 aromatic rings. The number of aromatic nitrogens is 3. The minimum atomic E-state index is 0.384. The maximum Gasteiger partial charge on any atom is 0.286 e. The highest BCUT2D eigenvalue weighted by Crippen LogP contribution is 2.21. The van der Waals surface area contributed by atoms with Crippen molar-refractivity contribution in [3.8, 4) is 0 Å². The van der Waals surface area contributed by atoms with Crippen LogP contribution in [-0.2, 0) is 0 Å². The average molecular weight is 274 g/mol. The highest BCUT2D eigenvalue weighted by atomic mass is 15.3. The standard InChI is InChI=1S/C15H23N5/c1-10(2)13-9-15(20-14(19-13)7-8-17-20)18-12-5-3-11(16)4-6-12/h7-12H,3-6,16H2,1-2H3,(H,17,18,19)/p+1. The molecule has 1 fully saturated rings. The number of nitrogens with zero attached hydrogens (tertiary/aromatic N) is 2. The van der Waals surface area contributed by atoms with E-state index in [1.807, 2.05) is 16.8 Å². The maximum absolute atomic E-state index is 5.98. The molecule has 3 rings (SSSR count). The molecule has 0 saturated heterocycles. The van der Waals surface area contributed by atoms with E-state index in [1.54, 1.807) is 0 Å². The van der Waals surface area contributed by atoms with E-state index >= 15 is 0 Å². The number of anilines is 1. The van der Waals surface area contributed by atoms with Crippen LogP contribution < -0.4 is 15.6 Å². The van der Waals surface area contributed by atoms with Crippen LogP contribution in [0.4, 0.5) is 5.82 Å². The Morgan fingerprint density at radius 1 is 1.35 bits per heavy atom. The number of rotatable bonds is 3. The van der Waals surface area contributed by atoms with Gasteiger partial charge in [-0.1, -0.05) is 13.8 Å². The van der Waals surface area contributed by atoms with Gasteiger partial charge in [0.15, 0.2) is 0 Å². The summed E-state index contributed by atoms with van der Waals surface area (Å²) in [5, 5.41) is 6.88. The summed E-state index contributed by atoms with van der Waals surface area (Å²) in [7, 11) is 0. The van der Waals surface area contributed by atoms with Crippen molar-refractivity contribution >= 4 is 11.5 Å². The van der Waals surface area contributed by atoms with E-state index in [0.29, 0.717) is 18.0 Å².